The SMILES string of the molecule is CC(C)Oc1ccccc1CNC(=O)CCCCC(N)=O. The van der Waals surface area contributed by atoms with Gasteiger partial charge in [-0.15, -0.1) is 0 Å². The molecule has 0 atom stereocenters. The molecule has 0 aliphatic heterocycles. The largest absolute Gasteiger partial charge is 0.491 e. The molecule has 21 heavy (non-hydrogen) atoms. The number of ether oxygens (including phenoxy) is 1. The molecule has 0 aromatic heterocycles. The summed E-state index contributed by atoms with van der Waals surface area (Å²) in [6.07, 6.45) is 2.14. The number of rotatable bonds is 9. The van der Waals surface area contributed by atoms with Crippen molar-refractivity contribution in [3.8, 4) is 5.75 Å². The summed E-state index contributed by atoms with van der Waals surface area (Å²) in [5.74, 6) is 0.440. The molecule has 0 fully saturated rings. The van der Waals surface area contributed by atoms with Crippen molar-refractivity contribution >= 4 is 11.8 Å². The van der Waals surface area contributed by atoms with Gasteiger partial charge >= 0.3 is 0 Å². The lowest BCUT2D eigenvalue weighted by Crippen LogP contribution is -2.23. The minimum atomic E-state index is -0.324. The number of hydrogen-bond acceptors (Lipinski definition) is 3. The quantitative estimate of drug-likeness (QED) is 0.684. The molecule has 1 aromatic carbocycles. The van der Waals surface area contributed by atoms with E-state index in [4.69, 9.17) is 10.5 Å². The van der Waals surface area contributed by atoms with E-state index in [-0.39, 0.29) is 17.9 Å². The Hall–Kier alpha value is -2.04. The average Bonchev–Trinajstić information content (AvgIpc) is 2.42. The van der Waals surface area contributed by atoms with E-state index >= 15 is 0 Å². The van der Waals surface area contributed by atoms with Crippen LogP contribution in [0.15, 0.2) is 24.3 Å². The smallest absolute Gasteiger partial charge is 0.220 e. The van der Waals surface area contributed by atoms with Crippen molar-refractivity contribution in [2.24, 2.45) is 5.73 Å². The summed E-state index contributed by atoms with van der Waals surface area (Å²) in [6.45, 7) is 4.37. The van der Waals surface area contributed by atoms with E-state index in [1.807, 2.05) is 38.1 Å². The summed E-state index contributed by atoms with van der Waals surface area (Å²) in [6, 6.07) is 7.66. The van der Waals surface area contributed by atoms with Crippen LogP contribution in [0.4, 0.5) is 0 Å². The van der Waals surface area contributed by atoms with Crippen LogP contribution in [0.2, 0.25) is 0 Å². The van der Waals surface area contributed by atoms with Crippen molar-refractivity contribution in [1.29, 1.82) is 0 Å². The third kappa shape index (κ3) is 7.34. The van der Waals surface area contributed by atoms with Crippen LogP contribution in [-0.4, -0.2) is 17.9 Å². The van der Waals surface area contributed by atoms with Crippen LogP contribution in [0.1, 0.15) is 45.1 Å². The molecular formula is C16H24N2O3. The molecule has 2 amide bonds. The predicted octanol–water partition coefficient (Wildman–Crippen LogP) is 2.14. The molecule has 5 heteroatoms. The second-order valence-electron chi connectivity index (χ2n) is 5.22. The fourth-order valence-corrected chi connectivity index (χ4v) is 1.89. The number of hydrogen-bond donors (Lipinski definition) is 2. The summed E-state index contributed by atoms with van der Waals surface area (Å²) in [5, 5.41) is 2.87. The lowest BCUT2D eigenvalue weighted by molar-refractivity contribution is -0.122. The first-order valence-corrected chi connectivity index (χ1v) is 7.28. The molecule has 1 rings (SSSR count). The standard InChI is InChI=1S/C16H24N2O3/c1-12(2)21-14-8-4-3-7-13(14)11-18-16(20)10-6-5-9-15(17)19/h3-4,7-8,12H,5-6,9-11H2,1-2H3,(H2,17,19)(H,18,20). The van der Waals surface area contributed by atoms with Crippen molar-refractivity contribution in [2.45, 2.75) is 52.2 Å². The van der Waals surface area contributed by atoms with Crippen LogP contribution >= 0.6 is 0 Å². The third-order valence-corrected chi connectivity index (χ3v) is 2.89. The van der Waals surface area contributed by atoms with E-state index in [0.29, 0.717) is 32.2 Å². The number of benzene rings is 1. The Balaban J connectivity index is 2.37. The number of unbranched alkanes of at least 4 members (excludes halogenated alkanes) is 1. The van der Waals surface area contributed by atoms with E-state index in [0.717, 1.165) is 11.3 Å². The fourth-order valence-electron chi connectivity index (χ4n) is 1.89. The van der Waals surface area contributed by atoms with Gasteiger partial charge in [-0.05, 0) is 32.8 Å². The third-order valence-electron chi connectivity index (χ3n) is 2.89. The van der Waals surface area contributed by atoms with E-state index in [9.17, 15) is 9.59 Å². The Morgan fingerprint density at radius 1 is 1.19 bits per heavy atom. The number of para-hydroxylation sites is 1. The van der Waals surface area contributed by atoms with Crippen LogP contribution < -0.4 is 15.8 Å². The molecule has 0 saturated heterocycles. The number of nitrogens with two attached hydrogens (primary N) is 1. The maximum Gasteiger partial charge on any atom is 0.220 e. The van der Waals surface area contributed by atoms with Gasteiger partial charge in [-0.3, -0.25) is 9.59 Å². The van der Waals surface area contributed by atoms with Crippen molar-refractivity contribution in [2.75, 3.05) is 0 Å². The van der Waals surface area contributed by atoms with Gasteiger partial charge in [-0.2, -0.15) is 0 Å². The summed E-state index contributed by atoms with van der Waals surface area (Å²) < 4.78 is 5.70. The van der Waals surface area contributed by atoms with Gasteiger partial charge in [-0.25, -0.2) is 0 Å². The van der Waals surface area contributed by atoms with Crippen molar-refractivity contribution in [3.05, 3.63) is 29.8 Å². The molecule has 3 N–H and O–H groups in total. The van der Waals surface area contributed by atoms with Gasteiger partial charge in [-0.1, -0.05) is 18.2 Å². The van der Waals surface area contributed by atoms with Gasteiger partial charge in [0, 0.05) is 24.9 Å². The first-order valence-electron chi connectivity index (χ1n) is 7.28. The summed E-state index contributed by atoms with van der Waals surface area (Å²) in [5.41, 5.74) is 6.00. The molecule has 0 aliphatic rings. The molecule has 0 heterocycles. The Kier molecular flexibility index (Phi) is 7.29. The summed E-state index contributed by atoms with van der Waals surface area (Å²) in [7, 11) is 0. The van der Waals surface area contributed by atoms with E-state index < -0.39 is 0 Å². The highest BCUT2D eigenvalue weighted by Crippen LogP contribution is 2.19. The first-order chi connectivity index (χ1) is 9.99. The molecule has 1 aromatic rings. The van der Waals surface area contributed by atoms with Crippen molar-refractivity contribution in [1.82, 2.24) is 5.32 Å². The number of primary amides is 1. The maximum absolute atomic E-state index is 11.7. The first kappa shape index (κ1) is 17.0. The molecule has 0 aliphatic carbocycles. The Morgan fingerprint density at radius 3 is 2.52 bits per heavy atom. The normalized spacial score (nSPS) is 10.4. The predicted molar refractivity (Wildman–Crippen MR) is 81.7 cm³/mol. The number of amides is 2. The fraction of sp³-hybridized carbons (Fsp3) is 0.500. The van der Waals surface area contributed by atoms with E-state index in [2.05, 4.69) is 5.32 Å². The zero-order valence-electron chi connectivity index (χ0n) is 12.7. The van der Waals surface area contributed by atoms with Crippen LogP contribution in [0, 0.1) is 0 Å². The second kappa shape index (κ2) is 9.00. The lowest BCUT2D eigenvalue weighted by Gasteiger charge is -2.14. The second-order valence-corrected chi connectivity index (χ2v) is 5.22. The van der Waals surface area contributed by atoms with Crippen molar-refractivity contribution < 1.29 is 14.3 Å². The van der Waals surface area contributed by atoms with E-state index in [1.54, 1.807) is 0 Å². The number of carbonyl (C=O) groups excluding carboxylic acids is 2. The maximum atomic E-state index is 11.7. The summed E-state index contributed by atoms with van der Waals surface area (Å²) in [4.78, 5) is 22.3. The Labute approximate surface area is 125 Å². The van der Waals surface area contributed by atoms with Crippen LogP contribution in [0.25, 0.3) is 0 Å². The minimum Gasteiger partial charge on any atom is -0.491 e. The zero-order valence-corrected chi connectivity index (χ0v) is 12.7. The van der Waals surface area contributed by atoms with Crippen molar-refractivity contribution in [3.63, 3.8) is 0 Å². The highest BCUT2D eigenvalue weighted by Gasteiger charge is 2.07. The molecule has 0 unspecified atom stereocenters. The van der Waals surface area contributed by atoms with Gasteiger partial charge in [0.05, 0.1) is 6.10 Å². The van der Waals surface area contributed by atoms with Crippen LogP contribution in [-0.2, 0) is 16.1 Å². The molecule has 5 nitrogen and oxygen atoms in total. The van der Waals surface area contributed by atoms with Gasteiger partial charge in [0.2, 0.25) is 11.8 Å². The zero-order chi connectivity index (χ0) is 15.7. The highest BCUT2D eigenvalue weighted by atomic mass is 16.5. The van der Waals surface area contributed by atoms with Gasteiger partial charge in [0.15, 0.2) is 0 Å². The lowest BCUT2D eigenvalue weighted by atomic mass is 10.1. The summed E-state index contributed by atoms with van der Waals surface area (Å²) >= 11 is 0. The topological polar surface area (TPSA) is 81.4 Å². The number of carbonyl (C=O) groups is 2. The molecule has 0 saturated carbocycles. The monoisotopic (exact) mass is 292 g/mol. The van der Waals surface area contributed by atoms with E-state index in [1.165, 1.54) is 0 Å². The van der Waals surface area contributed by atoms with Gasteiger partial charge in [0.25, 0.3) is 0 Å². The van der Waals surface area contributed by atoms with Gasteiger partial charge < -0.3 is 15.8 Å². The molecule has 0 bridgehead atoms. The number of nitrogens with one attached hydrogen (secondary N) is 1. The molecule has 0 spiro atoms. The average molecular weight is 292 g/mol. The van der Waals surface area contributed by atoms with Crippen LogP contribution in [0.5, 0.6) is 5.75 Å². The van der Waals surface area contributed by atoms with Gasteiger partial charge in [0.1, 0.15) is 5.75 Å². The minimum absolute atomic E-state index is 0.0289. The Morgan fingerprint density at radius 2 is 1.86 bits per heavy atom. The molecule has 116 valence electrons. The molecule has 0 radical (unpaired) electrons. The Bertz CT molecular complexity index is 472. The highest BCUT2D eigenvalue weighted by molar-refractivity contribution is 5.76. The molecular weight excluding hydrogens is 268 g/mol. The van der Waals surface area contributed by atoms with Crippen LogP contribution in [0.3, 0.4) is 0 Å².